The van der Waals surface area contributed by atoms with Crippen LogP contribution in [0.15, 0.2) is 59.7 Å². The first-order chi connectivity index (χ1) is 12.8. The molecule has 0 saturated heterocycles. The highest BCUT2D eigenvalue weighted by Crippen LogP contribution is 2.83. The molecule has 0 amide bonds. The molecular weight excluding hydrogens is 312 g/mol. The van der Waals surface area contributed by atoms with Gasteiger partial charge in [-0.15, -0.1) is 0 Å². The van der Waals surface area contributed by atoms with Gasteiger partial charge in [-0.05, 0) is 83.4 Å². The van der Waals surface area contributed by atoms with E-state index in [9.17, 15) is 0 Å². The molecule has 6 bridgehead atoms. The molecule has 4 saturated carbocycles. The smallest absolute Gasteiger partial charge is 0.0308 e. The summed E-state index contributed by atoms with van der Waals surface area (Å²) in [5.41, 5.74) is 11.6. The molecule has 0 unspecified atom stereocenters. The number of allylic oxidation sites excluding steroid dienone is 2. The molecule has 0 aliphatic heterocycles. The minimum Gasteiger partial charge on any atom is -0.0619 e. The van der Waals surface area contributed by atoms with Gasteiger partial charge in [-0.2, -0.15) is 0 Å². The van der Waals surface area contributed by atoms with Crippen molar-refractivity contribution in [1.29, 1.82) is 0 Å². The molecule has 4 fully saturated rings. The van der Waals surface area contributed by atoms with E-state index < -0.39 is 0 Å². The summed E-state index contributed by atoms with van der Waals surface area (Å²) in [5, 5.41) is 0. The van der Waals surface area contributed by atoms with Crippen LogP contribution in [0.4, 0.5) is 0 Å². The monoisotopic (exact) mass is 336 g/mol. The van der Waals surface area contributed by atoms with Crippen molar-refractivity contribution in [3.63, 3.8) is 0 Å². The van der Waals surface area contributed by atoms with Gasteiger partial charge in [0.25, 0.3) is 0 Å². The molecule has 8 aliphatic carbocycles. The van der Waals surface area contributed by atoms with E-state index >= 15 is 0 Å². The number of benzene rings is 2. The number of rotatable bonds is 0. The van der Waals surface area contributed by atoms with Gasteiger partial charge in [0.2, 0.25) is 0 Å². The van der Waals surface area contributed by atoms with Crippen LogP contribution < -0.4 is 0 Å². The SMILES string of the molecule is c1ccc2c(c1)C1C3=C(CC45CC6CC4(C3)CC6C5)C2c2ccccc21. The third-order valence-corrected chi connectivity index (χ3v) is 9.81. The Hall–Kier alpha value is -1.82. The summed E-state index contributed by atoms with van der Waals surface area (Å²) in [5.74, 6) is 3.29. The van der Waals surface area contributed by atoms with Gasteiger partial charge in [-0.1, -0.05) is 59.7 Å². The van der Waals surface area contributed by atoms with Crippen LogP contribution in [0.5, 0.6) is 0 Å². The Balaban J connectivity index is 1.41. The molecule has 2 aromatic rings. The van der Waals surface area contributed by atoms with Gasteiger partial charge in [-0.25, -0.2) is 0 Å². The average Bonchev–Trinajstić information content (AvgIpc) is 3.35. The predicted octanol–water partition coefficient (Wildman–Crippen LogP) is 6.17. The summed E-state index contributed by atoms with van der Waals surface area (Å²) in [4.78, 5) is 0. The van der Waals surface area contributed by atoms with Crippen molar-refractivity contribution in [2.75, 3.05) is 0 Å². The van der Waals surface area contributed by atoms with Crippen LogP contribution >= 0.6 is 0 Å². The maximum Gasteiger partial charge on any atom is 0.0308 e. The highest BCUT2D eigenvalue weighted by molar-refractivity contribution is 5.66. The third kappa shape index (κ3) is 1.20. The third-order valence-electron chi connectivity index (χ3n) is 9.81. The number of hydrogen-bond donors (Lipinski definition) is 0. The van der Waals surface area contributed by atoms with Crippen molar-refractivity contribution in [3.05, 3.63) is 81.9 Å². The van der Waals surface area contributed by atoms with E-state index in [0.29, 0.717) is 22.7 Å². The summed E-state index contributed by atoms with van der Waals surface area (Å²) in [7, 11) is 0. The van der Waals surface area contributed by atoms with E-state index in [4.69, 9.17) is 0 Å². The Bertz CT molecular complexity index is 896. The van der Waals surface area contributed by atoms with E-state index in [1.165, 1.54) is 12.8 Å². The zero-order chi connectivity index (χ0) is 16.7. The Morgan fingerprint density at radius 1 is 0.538 bits per heavy atom. The summed E-state index contributed by atoms with van der Waals surface area (Å²) >= 11 is 0. The Morgan fingerprint density at radius 3 is 1.23 bits per heavy atom. The standard InChI is InChI=1S/C26H24/c1-2-6-18-17(5-1)23-19-7-3-4-8-20(19)24(18)22-14-26-11-15-9-25(26,13-21(22)23)10-16(15)12-26/h1-8,15-16,23-24H,9-14H2. The second kappa shape index (κ2) is 3.88. The molecule has 2 aromatic carbocycles. The van der Waals surface area contributed by atoms with Gasteiger partial charge in [-0.3, -0.25) is 0 Å². The highest BCUT2D eigenvalue weighted by Gasteiger charge is 2.73. The van der Waals surface area contributed by atoms with E-state index in [1.54, 1.807) is 47.9 Å². The van der Waals surface area contributed by atoms with Crippen molar-refractivity contribution in [1.82, 2.24) is 0 Å². The number of hydrogen-bond acceptors (Lipinski definition) is 0. The van der Waals surface area contributed by atoms with Gasteiger partial charge in [0.15, 0.2) is 0 Å². The molecule has 0 heteroatoms. The normalized spacial score (nSPS) is 44.9. The zero-order valence-electron chi connectivity index (χ0n) is 15.2. The minimum atomic E-state index is 0.561. The molecule has 0 atom stereocenters. The van der Waals surface area contributed by atoms with Crippen LogP contribution in [0.1, 0.15) is 72.6 Å². The molecule has 2 spiro atoms. The first-order valence-corrected chi connectivity index (χ1v) is 10.7. The Kier molecular flexibility index (Phi) is 2.00. The maximum absolute atomic E-state index is 2.43. The second-order valence-corrected chi connectivity index (χ2v) is 10.4. The van der Waals surface area contributed by atoms with Crippen LogP contribution in [0, 0.1) is 22.7 Å². The maximum atomic E-state index is 2.43. The van der Waals surface area contributed by atoms with E-state index in [1.807, 2.05) is 11.1 Å². The van der Waals surface area contributed by atoms with Crippen LogP contribution in [0.2, 0.25) is 0 Å². The molecular formula is C26H24. The van der Waals surface area contributed by atoms with Gasteiger partial charge in [0.05, 0.1) is 0 Å². The minimum absolute atomic E-state index is 0.561. The lowest BCUT2D eigenvalue weighted by Crippen LogP contribution is -2.42. The van der Waals surface area contributed by atoms with Gasteiger partial charge < -0.3 is 0 Å². The predicted molar refractivity (Wildman–Crippen MR) is 103 cm³/mol. The average molecular weight is 336 g/mol. The Labute approximate surface area is 155 Å². The van der Waals surface area contributed by atoms with Crippen LogP contribution in [-0.4, -0.2) is 0 Å². The van der Waals surface area contributed by atoms with Gasteiger partial charge in [0.1, 0.15) is 0 Å². The van der Waals surface area contributed by atoms with Crippen molar-refractivity contribution in [3.8, 4) is 0 Å². The molecule has 26 heavy (non-hydrogen) atoms. The fourth-order valence-corrected chi connectivity index (χ4v) is 9.21. The fourth-order valence-electron chi connectivity index (χ4n) is 9.21. The van der Waals surface area contributed by atoms with Gasteiger partial charge >= 0.3 is 0 Å². The van der Waals surface area contributed by atoms with E-state index in [2.05, 4.69) is 48.5 Å². The van der Waals surface area contributed by atoms with Crippen LogP contribution in [0.3, 0.4) is 0 Å². The van der Waals surface area contributed by atoms with Crippen molar-refractivity contribution < 1.29 is 0 Å². The van der Waals surface area contributed by atoms with Crippen molar-refractivity contribution in [2.24, 2.45) is 22.7 Å². The quantitative estimate of drug-likeness (QED) is 0.504. The van der Waals surface area contributed by atoms with Crippen molar-refractivity contribution in [2.45, 2.75) is 50.4 Å². The first kappa shape index (κ1) is 13.4. The summed E-state index contributed by atoms with van der Waals surface area (Å²) in [6.07, 6.45) is 9.12. The molecule has 128 valence electrons. The van der Waals surface area contributed by atoms with E-state index in [-0.39, 0.29) is 0 Å². The van der Waals surface area contributed by atoms with Crippen LogP contribution in [-0.2, 0) is 0 Å². The largest absolute Gasteiger partial charge is 0.0619 e. The molecule has 8 aliphatic rings. The second-order valence-electron chi connectivity index (χ2n) is 10.4. The van der Waals surface area contributed by atoms with Crippen LogP contribution in [0.25, 0.3) is 0 Å². The lowest BCUT2D eigenvalue weighted by Gasteiger charge is -2.54. The molecule has 10 rings (SSSR count). The molecule has 0 heterocycles. The van der Waals surface area contributed by atoms with Gasteiger partial charge in [0, 0.05) is 11.8 Å². The fraction of sp³-hybridized carbons (Fsp3) is 0.462. The lowest BCUT2D eigenvalue weighted by molar-refractivity contribution is 0.0905. The van der Waals surface area contributed by atoms with E-state index in [0.717, 1.165) is 11.8 Å². The first-order valence-electron chi connectivity index (χ1n) is 10.7. The molecule has 0 N–H and O–H groups in total. The summed E-state index contributed by atoms with van der Waals surface area (Å²) < 4.78 is 0. The highest BCUT2D eigenvalue weighted by atomic mass is 14.8. The summed E-state index contributed by atoms with van der Waals surface area (Å²) in [6, 6.07) is 18.8. The lowest BCUT2D eigenvalue weighted by atomic mass is 9.50. The zero-order valence-corrected chi connectivity index (χ0v) is 15.2. The summed E-state index contributed by atoms with van der Waals surface area (Å²) in [6.45, 7) is 0. The van der Waals surface area contributed by atoms with Crippen molar-refractivity contribution >= 4 is 0 Å². The molecule has 0 nitrogen and oxygen atoms in total. The Morgan fingerprint density at radius 2 is 0.885 bits per heavy atom. The molecule has 0 radical (unpaired) electrons. The molecule has 0 aromatic heterocycles. The topological polar surface area (TPSA) is 0 Å².